The Bertz CT molecular complexity index is 491. The highest BCUT2D eigenvalue weighted by atomic mass is 16.5. The van der Waals surface area contributed by atoms with Crippen molar-refractivity contribution in [1.29, 1.82) is 0 Å². The first kappa shape index (κ1) is 9.28. The molecule has 0 N–H and O–H groups in total. The second-order valence-electron chi connectivity index (χ2n) is 3.78. The fraction of sp³-hybridized carbons (Fsp3) is 0.143. The van der Waals surface area contributed by atoms with Crippen LogP contribution in [0.25, 0.3) is 0 Å². The number of benzene rings is 2. The van der Waals surface area contributed by atoms with Crippen molar-refractivity contribution in [2.45, 2.75) is 6.42 Å². The molecule has 0 atom stereocenters. The molecule has 0 aromatic heterocycles. The second-order valence-corrected chi connectivity index (χ2v) is 3.78. The summed E-state index contributed by atoms with van der Waals surface area (Å²) in [5, 5.41) is 0. The minimum atomic E-state index is 0.782. The molecule has 1 aliphatic rings. The van der Waals surface area contributed by atoms with Gasteiger partial charge >= 0.3 is 0 Å². The second kappa shape index (κ2) is 3.89. The predicted molar refractivity (Wildman–Crippen MR) is 62.2 cm³/mol. The third-order valence-corrected chi connectivity index (χ3v) is 2.65. The number of rotatable bonds is 2. The molecule has 0 fully saturated rings. The topological polar surface area (TPSA) is 18.5 Å². The summed E-state index contributed by atoms with van der Waals surface area (Å²) in [6, 6.07) is 15.8. The smallest absolute Gasteiger partial charge is 0.131 e. The molecular formula is C14H12O2. The van der Waals surface area contributed by atoms with Gasteiger partial charge in [-0.25, -0.2) is 0 Å². The molecule has 2 nitrogen and oxygen atoms in total. The van der Waals surface area contributed by atoms with E-state index in [0.717, 1.165) is 30.3 Å². The van der Waals surface area contributed by atoms with Crippen LogP contribution in [0, 0.1) is 0 Å². The van der Waals surface area contributed by atoms with Gasteiger partial charge in [0, 0.05) is 12.5 Å². The zero-order valence-electron chi connectivity index (χ0n) is 8.85. The summed E-state index contributed by atoms with van der Waals surface area (Å²) < 4.78 is 11.2. The van der Waals surface area contributed by atoms with Crippen LogP contribution in [-0.4, -0.2) is 6.61 Å². The summed E-state index contributed by atoms with van der Waals surface area (Å²) in [5.41, 5.74) is 1.26. The van der Waals surface area contributed by atoms with E-state index in [1.165, 1.54) is 5.56 Å². The lowest BCUT2D eigenvalue weighted by Gasteiger charge is -2.06. The summed E-state index contributed by atoms with van der Waals surface area (Å²) in [6.45, 7) is 0.782. The highest BCUT2D eigenvalue weighted by Gasteiger charge is 2.12. The van der Waals surface area contributed by atoms with Crippen molar-refractivity contribution in [3.8, 4) is 17.2 Å². The van der Waals surface area contributed by atoms with Crippen molar-refractivity contribution in [3.63, 3.8) is 0 Å². The Morgan fingerprint density at radius 1 is 0.938 bits per heavy atom. The fourth-order valence-electron chi connectivity index (χ4n) is 1.83. The first-order valence-electron chi connectivity index (χ1n) is 5.40. The van der Waals surface area contributed by atoms with Crippen LogP contribution in [0.1, 0.15) is 5.56 Å². The summed E-state index contributed by atoms with van der Waals surface area (Å²) in [4.78, 5) is 0. The predicted octanol–water partition coefficient (Wildman–Crippen LogP) is 3.41. The summed E-state index contributed by atoms with van der Waals surface area (Å²) in [7, 11) is 0. The molecule has 2 aromatic carbocycles. The normalized spacial score (nSPS) is 13.0. The van der Waals surface area contributed by atoms with Gasteiger partial charge in [-0.15, -0.1) is 0 Å². The lowest BCUT2D eigenvalue weighted by Crippen LogP contribution is -1.87. The molecule has 16 heavy (non-hydrogen) atoms. The third-order valence-electron chi connectivity index (χ3n) is 2.65. The minimum Gasteiger partial charge on any atom is -0.493 e. The molecule has 0 unspecified atom stereocenters. The van der Waals surface area contributed by atoms with E-state index in [1.807, 2.05) is 42.5 Å². The van der Waals surface area contributed by atoms with E-state index >= 15 is 0 Å². The monoisotopic (exact) mass is 212 g/mol. The Labute approximate surface area is 94.4 Å². The van der Waals surface area contributed by atoms with Gasteiger partial charge < -0.3 is 9.47 Å². The Morgan fingerprint density at radius 2 is 1.81 bits per heavy atom. The van der Waals surface area contributed by atoms with Gasteiger partial charge in [-0.05, 0) is 23.8 Å². The van der Waals surface area contributed by atoms with Crippen LogP contribution in [-0.2, 0) is 6.42 Å². The highest BCUT2D eigenvalue weighted by Crippen LogP contribution is 2.31. The molecule has 2 heteroatoms. The van der Waals surface area contributed by atoms with E-state index in [-0.39, 0.29) is 0 Å². The van der Waals surface area contributed by atoms with Gasteiger partial charge in [0.2, 0.25) is 0 Å². The molecule has 0 aliphatic carbocycles. The molecular weight excluding hydrogens is 200 g/mol. The maximum atomic E-state index is 5.72. The maximum absolute atomic E-state index is 5.72. The molecule has 0 bridgehead atoms. The summed E-state index contributed by atoms with van der Waals surface area (Å²) in [5.74, 6) is 2.63. The van der Waals surface area contributed by atoms with Crippen molar-refractivity contribution in [2.75, 3.05) is 6.61 Å². The first-order valence-corrected chi connectivity index (χ1v) is 5.40. The minimum absolute atomic E-state index is 0.782. The Hall–Kier alpha value is -1.96. The van der Waals surface area contributed by atoms with Crippen molar-refractivity contribution >= 4 is 0 Å². The van der Waals surface area contributed by atoms with Crippen LogP contribution in [0.15, 0.2) is 48.5 Å². The van der Waals surface area contributed by atoms with E-state index in [9.17, 15) is 0 Å². The molecule has 0 saturated carbocycles. The molecule has 0 amide bonds. The molecule has 3 rings (SSSR count). The van der Waals surface area contributed by atoms with Gasteiger partial charge in [0.15, 0.2) is 0 Å². The number of fused-ring (bicyclic) bond motifs is 1. The maximum Gasteiger partial charge on any atom is 0.131 e. The highest BCUT2D eigenvalue weighted by molar-refractivity contribution is 5.44. The largest absolute Gasteiger partial charge is 0.493 e. The third kappa shape index (κ3) is 1.74. The van der Waals surface area contributed by atoms with Gasteiger partial charge in [-0.1, -0.05) is 24.3 Å². The molecule has 1 aliphatic heterocycles. The molecule has 2 aromatic rings. The van der Waals surface area contributed by atoms with Crippen LogP contribution in [0.2, 0.25) is 0 Å². The van der Waals surface area contributed by atoms with Gasteiger partial charge in [0.25, 0.3) is 0 Å². The molecule has 0 spiro atoms. The van der Waals surface area contributed by atoms with Crippen molar-refractivity contribution < 1.29 is 9.47 Å². The van der Waals surface area contributed by atoms with Crippen molar-refractivity contribution in [3.05, 3.63) is 54.1 Å². The molecule has 80 valence electrons. The van der Waals surface area contributed by atoms with Gasteiger partial charge in [0.05, 0.1) is 6.61 Å². The van der Waals surface area contributed by atoms with E-state index < -0.39 is 0 Å². The SMILES string of the molecule is c1ccc(Oc2ccc3c(c2)OCC3)cc1. The van der Waals surface area contributed by atoms with Gasteiger partial charge in [0.1, 0.15) is 17.2 Å². The number of hydrogen-bond donors (Lipinski definition) is 0. The lowest BCUT2D eigenvalue weighted by atomic mass is 10.2. The average Bonchev–Trinajstić information content (AvgIpc) is 2.77. The zero-order valence-corrected chi connectivity index (χ0v) is 8.85. The summed E-state index contributed by atoms with van der Waals surface area (Å²) >= 11 is 0. The standard InChI is InChI=1S/C14H12O2/c1-2-4-12(5-3-1)16-13-7-6-11-8-9-15-14(11)10-13/h1-7,10H,8-9H2. The number of para-hydroxylation sites is 1. The van der Waals surface area contributed by atoms with Crippen LogP contribution >= 0.6 is 0 Å². The van der Waals surface area contributed by atoms with Crippen molar-refractivity contribution in [2.24, 2.45) is 0 Å². The van der Waals surface area contributed by atoms with E-state index in [2.05, 4.69) is 6.07 Å². The van der Waals surface area contributed by atoms with Crippen molar-refractivity contribution in [1.82, 2.24) is 0 Å². The zero-order chi connectivity index (χ0) is 10.8. The fourth-order valence-corrected chi connectivity index (χ4v) is 1.83. The van der Waals surface area contributed by atoms with Gasteiger partial charge in [-0.2, -0.15) is 0 Å². The van der Waals surface area contributed by atoms with Crippen LogP contribution < -0.4 is 9.47 Å². The Morgan fingerprint density at radius 3 is 2.69 bits per heavy atom. The molecule has 1 heterocycles. The Kier molecular flexibility index (Phi) is 2.26. The number of ether oxygens (including phenoxy) is 2. The molecule has 0 radical (unpaired) electrons. The molecule has 0 saturated heterocycles. The average molecular weight is 212 g/mol. The first-order chi connectivity index (χ1) is 7.92. The van der Waals surface area contributed by atoms with E-state index in [1.54, 1.807) is 0 Å². The summed E-state index contributed by atoms with van der Waals surface area (Å²) in [6.07, 6.45) is 1.00. The van der Waals surface area contributed by atoms with E-state index in [4.69, 9.17) is 9.47 Å². The lowest BCUT2D eigenvalue weighted by molar-refractivity contribution is 0.355. The van der Waals surface area contributed by atoms with Crippen LogP contribution in [0.3, 0.4) is 0 Å². The van der Waals surface area contributed by atoms with E-state index in [0.29, 0.717) is 0 Å². The van der Waals surface area contributed by atoms with Crippen LogP contribution in [0.4, 0.5) is 0 Å². The van der Waals surface area contributed by atoms with Crippen LogP contribution in [0.5, 0.6) is 17.2 Å². The van der Waals surface area contributed by atoms with Gasteiger partial charge in [-0.3, -0.25) is 0 Å². The quantitative estimate of drug-likeness (QED) is 0.759. The Balaban J connectivity index is 1.86. The number of hydrogen-bond acceptors (Lipinski definition) is 2.